The molecule has 0 aliphatic rings. The number of fused-ring (bicyclic) bond motifs is 1. The summed E-state index contributed by atoms with van der Waals surface area (Å²) in [7, 11) is -7.96. The average molecular weight is 480 g/mol. The van der Waals surface area contributed by atoms with Crippen molar-refractivity contribution in [3.8, 4) is 0 Å². The molecule has 0 aliphatic carbocycles. The monoisotopic (exact) mass is 479 g/mol. The van der Waals surface area contributed by atoms with Gasteiger partial charge in [-0.15, -0.1) is 0 Å². The van der Waals surface area contributed by atoms with Gasteiger partial charge in [0.25, 0.3) is 20.0 Å². The fourth-order valence-corrected chi connectivity index (χ4v) is 5.48. The zero-order chi connectivity index (χ0) is 23.5. The van der Waals surface area contributed by atoms with Crippen LogP contribution in [0.5, 0.6) is 0 Å². The van der Waals surface area contributed by atoms with Gasteiger partial charge in [0.1, 0.15) is 0 Å². The van der Waals surface area contributed by atoms with Crippen molar-refractivity contribution < 1.29 is 16.8 Å². The molecule has 4 rings (SSSR count). The quantitative estimate of drug-likeness (QED) is 0.208. The third-order valence-electron chi connectivity index (χ3n) is 4.76. The number of nitrogens with zero attached hydrogens (tertiary/aromatic N) is 3. The lowest BCUT2D eigenvalue weighted by atomic mass is 10.1. The fraction of sp³-hybridized carbons (Fsp3) is 0. The van der Waals surface area contributed by atoms with Crippen LogP contribution in [0.2, 0.25) is 0 Å². The van der Waals surface area contributed by atoms with Gasteiger partial charge in [-0.05, 0) is 35.9 Å². The first-order valence-corrected chi connectivity index (χ1v) is 12.5. The lowest BCUT2D eigenvalue weighted by Gasteiger charge is -2.17. The molecule has 0 unspecified atom stereocenters. The van der Waals surface area contributed by atoms with Gasteiger partial charge in [-0.2, -0.15) is 0 Å². The van der Waals surface area contributed by atoms with Gasteiger partial charge in [-0.1, -0.05) is 65.8 Å². The highest BCUT2D eigenvalue weighted by Gasteiger charge is 2.21. The number of sulfonamides is 2. The molecular formula is C22H17N5O4S2. The van der Waals surface area contributed by atoms with Gasteiger partial charge >= 0.3 is 0 Å². The van der Waals surface area contributed by atoms with E-state index < -0.39 is 20.0 Å². The second-order valence-electron chi connectivity index (χ2n) is 6.89. The molecule has 4 aromatic carbocycles. The summed E-state index contributed by atoms with van der Waals surface area (Å²) in [5, 5.41) is 4.39. The maximum absolute atomic E-state index is 12.9. The van der Waals surface area contributed by atoms with Gasteiger partial charge in [-0.3, -0.25) is 9.44 Å². The Hall–Kier alpha value is -4.05. The number of benzene rings is 4. The maximum Gasteiger partial charge on any atom is 0.261 e. The van der Waals surface area contributed by atoms with Gasteiger partial charge in [0.05, 0.1) is 26.9 Å². The van der Waals surface area contributed by atoms with Crippen LogP contribution in [-0.4, -0.2) is 16.8 Å². The first kappa shape index (κ1) is 22.2. The Labute approximate surface area is 190 Å². The van der Waals surface area contributed by atoms with Crippen molar-refractivity contribution in [3.05, 3.63) is 101 Å². The lowest BCUT2D eigenvalue weighted by Crippen LogP contribution is -2.15. The highest BCUT2D eigenvalue weighted by atomic mass is 32.2. The van der Waals surface area contributed by atoms with Crippen LogP contribution in [-0.2, 0) is 20.0 Å². The molecule has 0 amide bonds. The van der Waals surface area contributed by atoms with E-state index in [-0.39, 0.29) is 26.9 Å². The SMILES string of the molecule is [N-]=[N+]=Nc1cc(NS(=O)(=O)c2ccccc2)c2ccccc2c1NS(=O)(=O)c1ccccc1. The molecule has 11 heteroatoms. The number of hydrogen-bond donors (Lipinski definition) is 2. The van der Waals surface area contributed by atoms with Crippen LogP contribution < -0.4 is 9.44 Å². The smallest absolute Gasteiger partial charge is 0.261 e. The second-order valence-corrected chi connectivity index (χ2v) is 10.3. The van der Waals surface area contributed by atoms with Crippen LogP contribution in [0.25, 0.3) is 21.2 Å². The predicted octanol–water partition coefficient (Wildman–Crippen LogP) is 5.38. The molecule has 0 spiro atoms. The molecule has 9 nitrogen and oxygen atoms in total. The molecule has 0 aliphatic heterocycles. The number of rotatable bonds is 7. The van der Waals surface area contributed by atoms with Gasteiger partial charge in [0.15, 0.2) is 0 Å². The number of anilines is 2. The molecule has 4 aromatic rings. The standard InChI is InChI=1S/C22H17N5O4S2/c23-27-24-21-15-20(25-32(28,29)16-9-3-1-4-10-16)18-13-7-8-14-19(18)22(21)26-33(30,31)17-11-5-2-6-12-17/h1-15,25-26H. The van der Waals surface area contributed by atoms with Crippen LogP contribution in [0, 0.1) is 0 Å². The van der Waals surface area contributed by atoms with E-state index in [9.17, 15) is 16.8 Å². The first-order chi connectivity index (χ1) is 15.8. The summed E-state index contributed by atoms with van der Waals surface area (Å²) in [6, 6.07) is 23.4. The largest absolute Gasteiger partial charge is 0.279 e. The molecule has 33 heavy (non-hydrogen) atoms. The summed E-state index contributed by atoms with van der Waals surface area (Å²) in [6.45, 7) is 0. The van der Waals surface area contributed by atoms with Crippen LogP contribution >= 0.6 is 0 Å². The minimum atomic E-state index is -4.01. The maximum atomic E-state index is 12.9. The van der Waals surface area contributed by atoms with Crippen molar-refractivity contribution in [2.24, 2.45) is 5.11 Å². The van der Waals surface area contributed by atoms with Crippen LogP contribution in [0.1, 0.15) is 0 Å². The number of azide groups is 1. The van der Waals surface area contributed by atoms with E-state index in [1.54, 1.807) is 60.7 Å². The normalized spacial score (nSPS) is 11.5. The Morgan fingerprint density at radius 3 is 1.70 bits per heavy atom. The second kappa shape index (κ2) is 8.83. The summed E-state index contributed by atoms with van der Waals surface area (Å²) in [4.78, 5) is 2.86. The Morgan fingerprint density at radius 2 is 1.15 bits per heavy atom. The third-order valence-corrected chi connectivity index (χ3v) is 7.51. The lowest BCUT2D eigenvalue weighted by molar-refractivity contribution is 0.599. The molecule has 0 bridgehead atoms. The molecule has 0 aromatic heterocycles. The Morgan fingerprint density at radius 1 is 0.667 bits per heavy atom. The fourth-order valence-electron chi connectivity index (χ4n) is 3.28. The van der Waals surface area contributed by atoms with E-state index in [1.807, 2.05) is 0 Å². The number of nitrogens with one attached hydrogen (secondary N) is 2. The van der Waals surface area contributed by atoms with Crippen molar-refractivity contribution >= 4 is 47.9 Å². The summed E-state index contributed by atoms with van der Waals surface area (Å²) in [5.74, 6) is 0. The highest BCUT2D eigenvalue weighted by Crippen LogP contribution is 2.40. The summed E-state index contributed by atoms with van der Waals surface area (Å²) < 4.78 is 56.7. The molecule has 2 N–H and O–H groups in total. The molecule has 166 valence electrons. The Bertz CT molecular complexity index is 1580. The van der Waals surface area contributed by atoms with E-state index in [0.29, 0.717) is 10.8 Å². The molecule has 0 fully saturated rings. The van der Waals surface area contributed by atoms with Gasteiger partial charge in [0, 0.05) is 15.7 Å². The zero-order valence-corrected chi connectivity index (χ0v) is 18.6. The van der Waals surface area contributed by atoms with Crippen molar-refractivity contribution in [2.45, 2.75) is 9.79 Å². The van der Waals surface area contributed by atoms with Crippen molar-refractivity contribution in [1.29, 1.82) is 0 Å². The van der Waals surface area contributed by atoms with Gasteiger partial charge in [-0.25, -0.2) is 16.8 Å². The van der Waals surface area contributed by atoms with Crippen LogP contribution in [0.4, 0.5) is 17.1 Å². The third kappa shape index (κ3) is 4.60. The van der Waals surface area contributed by atoms with E-state index in [4.69, 9.17) is 5.53 Å². The molecule has 0 atom stereocenters. The van der Waals surface area contributed by atoms with Crippen molar-refractivity contribution in [1.82, 2.24) is 0 Å². The van der Waals surface area contributed by atoms with Gasteiger partial charge in [0.2, 0.25) is 0 Å². The summed E-state index contributed by atoms with van der Waals surface area (Å²) >= 11 is 0. The molecular weight excluding hydrogens is 462 g/mol. The van der Waals surface area contributed by atoms with E-state index in [2.05, 4.69) is 19.5 Å². The average Bonchev–Trinajstić information content (AvgIpc) is 2.82. The summed E-state index contributed by atoms with van der Waals surface area (Å²) in [6.07, 6.45) is 0. The van der Waals surface area contributed by atoms with E-state index in [1.165, 1.54) is 30.3 Å². The molecule has 0 radical (unpaired) electrons. The summed E-state index contributed by atoms with van der Waals surface area (Å²) in [5.41, 5.74) is 9.17. The zero-order valence-electron chi connectivity index (χ0n) is 17.0. The molecule has 0 saturated carbocycles. The minimum absolute atomic E-state index is 0.0230. The minimum Gasteiger partial charge on any atom is -0.279 e. The number of hydrogen-bond acceptors (Lipinski definition) is 5. The van der Waals surface area contributed by atoms with Crippen LogP contribution in [0.3, 0.4) is 0 Å². The Balaban J connectivity index is 1.88. The van der Waals surface area contributed by atoms with Crippen molar-refractivity contribution in [3.63, 3.8) is 0 Å². The first-order valence-electron chi connectivity index (χ1n) is 9.58. The molecule has 0 saturated heterocycles. The predicted molar refractivity (Wildman–Crippen MR) is 127 cm³/mol. The topological polar surface area (TPSA) is 141 Å². The van der Waals surface area contributed by atoms with Crippen LogP contribution in [0.15, 0.2) is 106 Å². The van der Waals surface area contributed by atoms with E-state index >= 15 is 0 Å². The van der Waals surface area contributed by atoms with Gasteiger partial charge < -0.3 is 0 Å². The molecule has 0 heterocycles. The van der Waals surface area contributed by atoms with E-state index in [0.717, 1.165) is 0 Å². The highest BCUT2D eigenvalue weighted by molar-refractivity contribution is 7.93. The Kier molecular flexibility index (Phi) is 5.93. The van der Waals surface area contributed by atoms with Crippen molar-refractivity contribution in [2.75, 3.05) is 9.44 Å².